The summed E-state index contributed by atoms with van der Waals surface area (Å²) < 4.78 is 11.0. The summed E-state index contributed by atoms with van der Waals surface area (Å²) in [4.78, 5) is 2.32. The van der Waals surface area contributed by atoms with E-state index in [0.29, 0.717) is 12.6 Å². The van der Waals surface area contributed by atoms with Crippen LogP contribution in [0.15, 0.2) is 24.3 Å². The van der Waals surface area contributed by atoms with Crippen LogP contribution in [-0.4, -0.2) is 49.0 Å². The fourth-order valence-corrected chi connectivity index (χ4v) is 2.77. The molecule has 20 heavy (non-hydrogen) atoms. The Morgan fingerprint density at radius 2 is 2.20 bits per heavy atom. The highest BCUT2D eigenvalue weighted by atomic mass is 16.5. The Labute approximate surface area is 121 Å². The SMILES string of the molecule is CCC1COC(C)CN1CC(O)c1ccccc1OC. The zero-order chi connectivity index (χ0) is 14.5. The Kier molecular flexibility index (Phi) is 5.40. The van der Waals surface area contributed by atoms with E-state index in [-0.39, 0.29) is 6.10 Å². The van der Waals surface area contributed by atoms with Gasteiger partial charge in [-0.25, -0.2) is 0 Å². The van der Waals surface area contributed by atoms with Crippen LogP contribution in [0.3, 0.4) is 0 Å². The van der Waals surface area contributed by atoms with Crippen molar-refractivity contribution in [1.29, 1.82) is 0 Å². The van der Waals surface area contributed by atoms with Gasteiger partial charge >= 0.3 is 0 Å². The topological polar surface area (TPSA) is 41.9 Å². The van der Waals surface area contributed by atoms with Crippen molar-refractivity contribution in [1.82, 2.24) is 4.90 Å². The summed E-state index contributed by atoms with van der Waals surface area (Å²) in [5.41, 5.74) is 0.851. The first-order valence-corrected chi connectivity index (χ1v) is 7.32. The minimum Gasteiger partial charge on any atom is -0.496 e. The molecule has 0 aliphatic carbocycles. The van der Waals surface area contributed by atoms with Gasteiger partial charge in [0, 0.05) is 24.7 Å². The molecule has 0 spiro atoms. The first-order valence-electron chi connectivity index (χ1n) is 7.32. The van der Waals surface area contributed by atoms with Crippen LogP contribution in [0.1, 0.15) is 31.9 Å². The molecule has 1 fully saturated rings. The van der Waals surface area contributed by atoms with Crippen molar-refractivity contribution >= 4 is 0 Å². The smallest absolute Gasteiger partial charge is 0.124 e. The number of aliphatic hydroxyl groups is 1. The number of morpholine rings is 1. The highest BCUT2D eigenvalue weighted by Gasteiger charge is 2.28. The average molecular weight is 279 g/mol. The zero-order valence-corrected chi connectivity index (χ0v) is 12.6. The predicted molar refractivity (Wildman–Crippen MR) is 79.0 cm³/mol. The second-order valence-electron chi connectivity index (χ2n) is 5.42. The number of para-hydroxylation sites is 1. The molecule has 1 aromatic rings. The van der Waals surface area contributed by atoms with Gasteiger partial charge in [-0.05, 0) is 19.4 Å². The van der Waals surface area contributed by atoms with Crippen LogP contribution < -0.4 is 4.74 Å². The molecule has 1 aromatic carbocycles. The molecule has 3 atom stereocenters. The highest BCUT2D eigenvalue weighted by molar-refractivity contribution is 5.35. The minimum atomic E-state index is -0.537. The molecular formula is C16H25NO3. The van der Waals surface area contributed by atoms with Crippen LogP contribution in [0.5, 0.6) is 5.75 Å². The van der Waals surface area contributed by atoms with Gasteiger partial charge in [-0.15, -0.1) is 0 Å². The van der Waals surface area contributed by atoms with Crippen LogP contribution in [0.4, 0.5) is 0 Å². The molecule has 2 rings (SSSR count). The lowest BCUT2D eigenvalue weighted by molar-refractivity contribution is -0.0682. The Bertz CT molecular complexity index is 424. The van der Waals surface area contributed by atoms with E-state index in [1.54, 1.807) is 7.11 Å². The standard InChI is InChI=1S/C16H25NO3/c1-4-13-11-20-12(2)9-17(13)10-15(18)14-7-5-6-8-16(14)19-3/h5-8,12-13,15,18H,4,9-11H2,1-3H3. The van der Waals surface area contributed by atoms with E-state index in [1.807, 2.05) is 24.3 Å². The molecule has 1 saturated heterocycles. The van der Waals surface area contributed by atoms with Crippen molar-refractivity contribution in [3.63, 3.8) is 0 Å². The molecule has 3 unspecified atom stereocenters. The molecule has 0 radical (unpaired) electrons. The summed E-state index contributed by atoms with van der Waals surface area (Å²) in [6.45, 7) is 6.47. The van der Waals surface area contributed by atoms with Crippen LogP contribution in [0, 0.1) is 0 Å². The lowest BCUT2D eigenvalue weighted by Crippen LogP contribution is -2.49. The maximum Gasteiger partial charge on any atom is 0.124 e. The van der Waals surface area contributed by atoms with Crippen molar-refractivity contribution in [3.8, 4) is 5.75 Å². The predicted octanol–water partition coefficient (Wildman–Crippen LogP) is 2.23. The van der Waals surface area contributed by atoms with Crippen molar-refractivity contribution in [2.75, 3.05) is 26.8 Å². The first-order chi connectivity index (χ1) is 9.65. The third kappa shape index (κ3) is 3.51. The molecule has 1 aliphatic heterocycles. The van der Waals surface area contributed by atoms with E-state index in [9.17, 15) is 5.11 Å². The van der Waals surface area contributed by atoms with Crippen LogP contribution in [0.2, 0.25) is 0 Å². The van der Waals surface area contributed by atoms with Gasteiger partial charge in [-0.2, -0.15) is 0 Å². The summed E-state index contributed by atoms with van der Waals surface area (Å²) in [5, 5.41) is 10.5. The second kappa shape index (κ2) is 7.07. The molecule has 1 aliphatic rings. The summed E-state index contributed by atoms with van der Waals surface area (Å²) in [6.07, 6.45) is 0.721. The van der Waals surface area contributed by atoms with Crippen LogP contribution in [0.25, 0.3) is 0 Å². The zero-order valence-electron chi connectivity index (χ0n) is 12.6. The fourth-order valence-electron chi connectivity index (χ4n) is 2.77. The maximum atomic E-state index is 10.5. The number of methoxy groups -OCH3 is 1. The normalized spacial score (nSPS) is 25.4. The molecule has 4 nitrogen and oxygen atoms in total. The van der Waals surface area contributed by atoms with Gasteiger partial charge in [0.15, 0.2) is 0 Å². The third-order valence-corrected chi connectivity index (χ3v) is 3.96. The lowest BCUT2D eigenvalue weighted by Gasteiger charge is -2.39. The van der Waals surface area contributed by atoms with Crippen LogP contribution in [-0.2, 0) is 4.74 Å². The van der Waals surface area contributed by atoms with E-state index < -0.39 is 6.10 Å². The van der Waals surface area contributed by atoms with Gasteiger partial charge in [-0.3, -0.25) is 4.90 Å². The minimum absolute atomic E-state index is 0.225. The van der Waals surface area contributed by atoms with Gasteiger partial charge in [0.05, 0.1) is 25.9 Å². The number of hydrogen-bond donors (Lipinski definition) is 1. The van der Waals surface area contributed by atoms with Crippen molar-refractivity contribution in [2.45, 2.75) is 38.5 Å². The Balaban J connectivity index is 2.07. The summed E-state index contributed by atoms with van der Waals surface area (Å²) in [7, 11) is 1.64. The van der Waals surface area contributed by atoms with Gasteiger partial charge in [-0.1, -0.05) is 25.1 Å². The quantitative estimate of drug-likeness (QED) is 0.897. The number of benzene rings is 1. The molecule has 0 saturated carbocycles. The molecule has 1 N–H and O–H groups in total. The fraction of sp³-hybridized carbons (Fsp3) is 0.625. The summed E-state index contributed by atoms with van der Waals surface area (Å²) in [6, 6.07) is 8.04. The molecular weight excluding hydrogens is 254 g/mol. The van der Waals surface area contributed by atoms with E-state index >= 15 is 0 Å². The number of aliphatic hydroxyl groups excluding tert-OH is 1. The molecule has 0 aromatic heterocycles. The van der Waals surface area contributed by atoms with E-state index in [1.165, 1.54) is 0 Å². The number of hydrogen-bond acceptors (Lipinski definition) is 4. The van der Waals surface area contributed by atoms with Crippen molar-refractivity contribution in [2.24, 2.45) is 0 Å². The number of nitrogens with zero attached hydrogens (tertiary/aromatic N) is 1. The lowest BCUT2D eigenvalue weighted by atomic mass is 10.0. The Morgan fingerprint density at radius 3 is 2.90 bits per heavy atom. The third-order valence-electron chi connectivity index (χ3n) is 3.96. The maximum absolute atomic E-state index is 10.5. The number of rotatable bonds is 5. The van der Waals surface area contributed by atoms with Gasteiger partial charge in [0.1, 0.15) is 5.75 Å². The first kappa shape index (κ1) is 15.3. The van der Waals surface area contributed by atoms with Crippen LogP contribution >= 0.6 is 0 Å². The molecule has 1 heterocycles. The summed E-state index contributed by atoms with van der Waals surface area (Å²) in [5.74, 6) is 0.745. The van der Waals surface area contributed by atoms with E-state index in [4.69, 9.17) is 9.47 Å². The number of β-amino-alcohol motifs (C(OH)–C–C–N with tert-alkyl or cyclic N) is 1. The number of ether oxygens (including phenoxy) is 2. The molecule has 4 heteroatoms. The van der Waals surface area contributed by atoms with Gasteiger partial charge in [0.25, 0.3) is 0 Å². The van der Waals surface area contributed by atoms with Crippen molar-refractivity contribution in [3.05, 3.63) is 29.8 Å². The monoisotopic (exact) mass is 279 g/mol. The average Bonchev–Trinajstić information content (AvgIpc) is 2.47. The van der Waals surface area contributed by atoms with E-state index in [0.717, 1.165) is 30.9 Å². The van der Waals surface area contributed by atoms with Gasteiger partial charge < -0.3 is 14.6 Å². The second-order valence-corrected chi connectivity index (χ2v) is 5.42. The molecule has 0 amide bonds. The Hall–Kier alpha value is -1.10. The van der Waals surface area contributed by atoms with Gasteiger partial charge in [0.2, 0.25) is 0 Å². The summed E-state index contributed by atoms with van der Waals surface area (Å²) >= 11 is 0. The van der Waals surface area contributed by atoms with E-state index in [2.05, 4.69) is 18.7 Å². The van der Waals surface area contributed by atoms with Crippen molar-refractivity contribution < 1.29 is 14.6 Å². The Morgan fingerprint density at radius 1 is 1.45 bits per heavy atom. The molecule has 112 valence electrons. The highest BCUT2D eigenvalue weighted by Crippen LogP contribution is 2.27. The molecule has 0 bridgehead atoms. The largest absolute Gasteiger partial charge is 0.496 e.